The molecule has 1 aromatic carbocycles. The van der Waals surface area contributed by atoms with E-state index in [2.05, 4.69) is 4.99 Å². The summed E-state index contributed by atoms with van der Waals surface area (Å²) in [5, 5.41) is 18.7. The lowest BCUT2D eigenvalue weighted by molar-refractivity contribution is -0.139. The van der Waals surface area contributed by atoms with Gasteiger partial charge in [0.05, 0.1) is 6.61 Å². The van der Waals surface area contributed by atoms with E-state index >= 15 is 0 Å². The Morgan fingerprint density at radius 3 is 2.38 bits per heavy atom. The Kier molecular flexibility index (Phi) is 6.13. The number of aliphatic hydroxyl groups excluding tert-OH is 1. The summed E-state index contributed by atoms with van der Waals surface area (Å²) in [6.45, 7) is 3.07. The average molecular weight is 291 g/mol. The van der Waals surface area contributed by atoms with Gasteiger partial charge in [0.1, 0.15) is 11.3 Å². The molecule has 2 N–H and O–H groups in total. The topological polar surface area (TPSA) is 96.2 Å². The molecule has 0 bridgehead atoms. The van der Waals surface area contributed by atoms with E-state index in [1.165, 1.54) is 6.92 Å². The summed E-state index contributed by atoms with van der Waals surface area (Å²) in [7, 11) is 0. The number of carboxylic acid groups (broad SMARTS) is 1. The first-order chi connectivity index (χ1) is 9.97. The first-order valence-corrected chi connectivity index (χ1v) is 6.35. The van der Waals surface area contributed by atoms with Crippen molar-refractivity contribution in [2.24, 2.45) is 4.99 Å². The largest absolute Gasteiger partial charge is 0.512 e. The van der Waals surface area contributed by atoms with Gasteiger partial charge in [0.25, 0.3) is 0 Å². The van der Waals surface area contributed by atoms with Gasteiger partial charge < -0.3 is 14.9 Å². The van der Waals surface area contributed by atoms with Gasteiger partial charge in [0.2, 0.25) is 0 Å². The minimum absolute atomic E-state index is 0.143. The molecule has 0 saturated heterocycles. The van der Waals surface area contributed by atoms with Gasteiger partial charge in [-0.15, -0.1) is 0 Å². The van der Waals surface area contributed by atoms with Gasteiger partial charge in [-0.1, -0.05) is 30.3 Å². The zero-order valence-electron chi connectivity index (χ0n) is 11.8. The second kappa shape index (κ2) is 7.84. The molecule has 1 unspecified atom stereocenters. The van der Waals surface area contributed by atoms with Gasteiger partial charge in [-0.05, 0) is 19.4 Å². The highest BCUT2D eigenvalue weighted by molar-refractivity contribution is 6.10. The highest BCUT2D eigenvalue weighted by Crippen LogP contribution is 2.17. The number of rotatable bonds is 6. The van der Waals surface area contributed by atoms with E-state index in [1.807, 2.05) is 0 Å². The van der Waals surface area contributed by atoms with Gasteiger partial charge in [-0.2, -0.15) is 0 Å². The van der Waals surface area contributed by atoms with E-state index in [0.717, 1.165) is 6.21 Å². The van der Waals surface area contributed by atoms with Crippen LogP contribution in [0, 0.1) is 0 Å². The van der Waals surface area contributed by atoms with Crippen molar-refractivity contribution in [3.63, 3.8) is 0 Å². The van der Waals surface area contributed by atoms with Gasteiger partial charge in [-0.3, -0.25) is 4.99 Å². The standard InChI is InChI=1S/C15H17NO5/c1-3-21-15(20)12(10(2)17)9-16-13(14(18)19)11-7-5-4-6-8-11/h4-9,13,17H,3H2,1-2H3,(H,18,19)/b12-10+,16-9?. The molecule has 112 valence electrons. The van der Waals surface area contributed by atoms with Gasteiger partial charge >= 0.3 is 11.9 Å². The molecule has 0 aliphatic rings. The maximum atomic E-state index is 11.6. The van der Waals surface area contributed by atoms with Crippen LogP contribution in [0.15, 0.2) is 46.7 Å². The summed E-state index contributed by atoms with van der Waals surface area (Å²) in [5.41, 5.74) is 0.305. The highest BCUT2D eigenvalue weighted by atomic mass is 16.5. The van der Waals surface area contributed by atoms with Crippen LogP contribution in [-0.2, 0) is 14.3 Å². The van der Waals surface area contributed by atoms with Crippen molar-refractivity contribution in [1.82, 2.24) is 0 Å². The number of aliphatic hydroxyl groups is 1. The van der Waals surface area contributed by atoms with Crippen LogP contribution in [0.2, 0.25) is 0 Å². The number of aliphatic carboxylic acids is 1. The molecular weight excluding hydrogens is 274 g/mol. The van der Waals surface area contributed by atoms with Crippen LogP contribution in [0.25, 0.3) is 0 Å². The van der Waals surface area contributed by atoms with E-state index in [4.69, 9.17) is 4.74 Å². The second-order valence-electron chi connectivity index (χ2n) is 4.15. The third-order valence-corrected chi connectivity index (χ3v) is 2.59. The lowest BCUT2D eigenvalue weighted by Gasteiger charge is -2.08. The quantitative estimate of drug-likeness (QED) is 0.363. The van der Waals surface area contributed by atoms with E-state index in [-0.39, 0.29) is 17.9 Å². The van der Waals surface area contributed by atoms with E-state index in [9.17, 15) is 19.8 Å². The van der Waals surface area contributed by atoms with Crippen molar-refractivity contribution in [1.29, 1.82) is 0 Å². The predicted molar refractivity (Wildman–Crippen MR) is 77.3 cm³/mol. The van der Waals surface area contributed by atoms with Crippen molar-refractivity contribution in [3.8, 4) is 0 Å². The summed E-state index contributed by atoms with van der Waals surface area (Å²) in [6.07, 6.45) is 1.03. The molecule has 6 heteroatoms. The Bertz CT molecular complexity index is 559. The maximum Gasteiger partial charge on any atom is 0.343 e. The fraction of sp³-hybridized carbons (Fsp3) is 0.267. The molecule has 0 aromatic heterocycles. The minimum atomic E-state index is -1.16. The maximum absolute atomic E-state index is 11.6. The Morgan fingerprint density at radius 2 is 1.90 bits per heavy atom. The van der Waals surface area contributed by atoms with Crippen LogP contribution in [0.4, 0.5) is 0 Å². The number of aliphatic imine (C=N–C) groups is 1. The summed E-state index contributed by atoms with van der Waals surface area (Å²) in [5.74, 6) is -2.19. The third kappa shape index (κ3) is 4.76. The molecule has 0 aliphatic heterocycles. The molecule has 0 aliphatic carbocycles. The fourth-order valence-electron chi connectivity index (χ4n) is 1.58. The number of carbonyl (C=O) groups excluding carboxylic acids is 1. The third-order valence-electron chi connectivity index (χ3n) is 2.59. The normalized spacial score (nSPS) is 13.6. The van der Waals surface area contributed by atoms with Crippen LogP contribution in [0.1, 0.15) is 25.5 Å². The number of allylic oxidation sites excluding steroid dienone is 1. The highest BCUT2D eigenvalue weighted by Gasteiger charge is 2.19. The molecule has 0 heterocycles. The molecule has 0 fully saturated rings. The lowest BCUT2D eigenvalue weighted by Crippen LogP contribution is -2.14. The van der Waals surface area contributed by atoms with Crippen molar-refractivity contribution in [2.45, 2.75) is 19.9 Å². The number of carboxylic acids is 1. The Labute approximate surface area is 122 Å². The Hall–Kier alpha value is -2.63. The van der Waals surface area contributed by atoms with Crippen molar-refractivity contribution in [2.75, 3.05) is 6.61 Å². The molecule has 1 aromatic rings. The molecule has 1 rings (SSSR count). The van der Waals surface area contributed by atoms with Crippen molar-refractivity contribution < 1.29 is 24.5 Å². The first kappa shape index (κ1) is 16.4. The number of nitrogens with zero attached hydrogens (tertiary/aromatic N) is 1. The molecule has 0 saturated carbocycles. The molecular formula is C15H17NO5. The van der Waals surface area contributed by atoms with Crippen LogP contribution >= 0.6 is 0 Å². The predicted octanol–water partition coefficient (Wildman–Crippen LogP) is 2.28. The number of hydrogen-bond acceptors (Lipinski definition) is 5. The first-order valence-electron chi connectivity index (χ1n) is 6.35. The minimum Gasteiger partial charge on any atom is -0.512 e. The van der Waals surface area contributed by atoms with E-state index in [0.29, 0.717) is 5.56 Å². The summed E-state index contributed by atoms with van der Waals surface area (Å²) >= 11 is 0. The molecule has 0 amide bonds. The van der Waals surface area contributed by atoms with Gasteiger partial charge in [0.15, 0.2) is 6.04 Å². The fourth-order valence-corrected chi connectivity index (χ4v) is 1.58. The van der Waals surface area contributed by atoms with Crippen LogP contribution < -0.4 is 0 Å². The average Bonchev–Trinajstić information content (AvgIpc) is 2.43. The number of benzene rings is 1. The Morgan fingerprint density at radius 1 is 1.29 bits per heavy atom. The van der Waals surface area contributed by atoms with Crippen molar-refractivity contribution >= 4 is 18.2 Å². The SMILES string of the molecule is CCOC(=O)/C(C=NC(C(=O)O)c1ccccc1)=C(\C)O. The van der Waals surface area contributed by atoms with Gasteiger partial charge in [0, 0.05) is 6.21 Å². The van der Waals surface area contributed by atoms with Crippen LogP contribution in [-0.4, -0.2) is 35.0 Å². The number of carbonyl (C=O) groups is 2. The monoisotopic (exact) mass is 291 g/mol. The number of ether oxygens (including phenoxy) is 1. The molecule has 0 spiro atoms. The van der Waals surface area contributed by atoms with Crippen LogP contribution in [0.3, 0.4) is 0 Å². The molecule has 6 nitrogen and oxygen atoms in total. The second-order valence-corrected chi connectivity index (χ2v) is 4.15. The van der Waals surface area contributed by atoms with Gasteiger partial charge in [-0.25, -0.2) is 9.59 Å². The van der Waals surface area contributed by atoms with E-state index in [1.54, 1.807) is 37.3 Å². The smallest absolute Gasteiger partial charge is 0.343 e. The molecule has 21 heavy (non-hydrogen) atoms. The molecule has 0 radical (unpaired) electrons. The van der Waals surface area contributed by atoms with E-state index < -0.39 is 18.0 Å². The van der Waals surface area contributed by atoms with Crippen LogP contribution in [0.5, 0.6) is 0 Å². The number of esters is 1. The summed E-state index contributed by atoms with van der Waals surface area (Å²) in [4.78, 5) is 26.8. The zero-order valence-corrected chi connectivity index (χ0v) is 11.8. The number of hydrogen-bond donors (Lipinski definition) is 2. The lowest BCUT2D eigenvalue weighted by atomic mass is 10.1. The zero-order chi connectivity index (χ0) is 15.8. The molecule has 1 atom stereocenters. The Balaban J connectivity index is 3.05. The summed E-state index contributed by atoms with van der Waals surface area (Å²) in [6, 6.07) is 7.23. The summed E-state index contributed by atoms with van der Waals surface area (Å²) < 4.78 is 4.77. The van der Waals surface area contributed by atoms with Crippen molar-refractivity contribution in [3.05, 3.63) is 47.2 Å².